The van der Waals surface area contributed by atoms with Crippen molar-refractivity contribution in [1.29, 1.82) is 0 Å². The van der Waals surface area contributed by atoms with Gasteiger partial charge in [0.1, 0.15) is 0 Å². The Bertz CT molecular complexity index is 664. The highest BCUT2D eigenvalue weighted by Gasteiger charge is 2.26. The van der Waals surface area contributed by atoms with Crippen LogP contribution in [0.3, 0.4) is 0 Å². The summed E-state index contributed by atoms with van der Waals surface area (Å²) in [5.74, 6) is 0.148. The zero-order valence-corrected chi connectivity index (χ0v) is 16.6. The Hall–Kier alpha value is -2.08. The minimum absolute atomic E-state index is 0.0598. The van der Waals surface area contributed by atoms with Crippen molar-refractivity contribution in [2.45, 2.75) is 38.5 Å². The number of amides is 2. The number of benzene rings is 1. The second kappa shape index (κ2) is 9.22. The van der Waals surface area contributed by atoms with Crippen molar-refractivity contribution < 1.29 is 9.59 Å². The fourth-order valence-electron chi connectivity index (χ4n) is 3.64. The van der Waals surface area contributed by atoms with Gasteiger partial charge in [-0.25, -0.2) is 0 Å². The van der Waals surface area contributed by atoms with Gasteiger partial charge in [0.15, 0.2) is 0 Å². The average molecular weight is 373 g/mol. The van der Waals surface area contributed by atoms with E-state index in [0.717, 1.165) is 63.8 Å². The maximum Gasteiger partial charge on any atom is 0.253 e. The van der Waals surface area contributed by atoms with E-state index in [4.69, 9.17) is 0 Å². The molecule has 0 spiro atoms. The average Bonchev–Trinajstić information content (AvgIpc) is 3.11. The summed E-state index contributed by atoms with van der Waals surface area (Å²) in [6.45, 7) is 3.55. The first-order valence-electron chi connectivity index (χ1n) is 10.2. The molecule has 1 aromatic carbocycles. The molecule has 6 nitrogen and oxygen atoms in total. The molecule has 0 atom stereocenters. The molecule has 148 valence electrons. The van der Waals surface area contributed by atoms with Gasteiger partial charge in [-0.05, 0) is 70.9 Å². The summed E-state index contributed by atoms with van der Waals surface area (Å²) in [7, 11) is 4.06. The van der Waals surface area contributed by atoms with E-state index in [-0.39, 0.29) is 17.7 Å². The van der Waals surface area contributed by atoms with Gasteiger partial charge in [0, 0.05) is 36.9 Å². The van der Waals surface area contributed by atoms with E-state index in [1.807, 2.05) is 32.3 Å². The Labute approximate surface area is 162 Å². The number of nitrogens with zero attached hydrogens (tertiary/aromatic N) is 2. The SMILES string of the molecule is CN(C)CCCNC(=O)c1cc(NC(=O)C2CCC2)ccc1N1CCCC1. The van der Waals surface area contributed by atoms with Crippen LogP contribution in [0.5, 0.6) is 0 Å². The van der Waals surface area contributed by atoms with E-state index in [1.165, 1.54) is 0 Å². The minimum Gasteiger partial charge on any atom is -0.371 e. The summed E-state index contributed by atoms with van der Waals surface area (Å²) in [5.41, 5.74) is 2.35. The normalized spacial score (nSPS) is 17.1. The molecular formula is C21H32N4O2. The molecule has 2 fully saturated rings. The Balaban J connectivity index is 1.71. The monoisotopic (exact) mass is 372 g/mol. The first-order chi connectivity index (χ1) is 13.0. The highest BCUT2D eigenvalue weighted by molar-refractivity contribution is 6.02. The van der Waals surface area contributed by atoms with Gasteiger partial charge in [0.25, 0.3) is 5.91 Å². The van der Waals surface area contributed by atoms with Crippen LogP contribution in [-0.4, -0.2) is 57.0 Å². The molecule has 2 N–H and O–H groups in total. The summed E-state index contributed by atoms with van der Waals surface area (Å²) in [6, 6.07) is 5.75. The molecule has 3 rings (SSSR count). The van der Waals surface area contributed by atoms with Gasteiger partial charge in [-0.1, -0.05) is 6.42 Å². The number of anilines is 2. The third-order valence-electron chi connectivity index (χ3n) is 5.50. The molecule has 1 heterocycles. The summed E-state index contributed by atoms with van der Waals surface area (Å²) < 4.78 is 0. The van der Waals surface area contributed by atoms with Crippen molar-refractivity contribution in [2.24, 2.45) is 5.92 Å². The van der Waals surface area contributed by atoms with E-state index in [9.17, 15) is 9.59 Å². The lowest BCUT2D eigenvalue weighted by Crippen LogP contribution is -2.30. The number of nitrogens with one attached hydrogen (secondary N) is 2. The highest BCUT2D eigenvalue weighted by Crippen LogP contribution is 2.30. The second-order valence-corrected chi connectivity index (χ2v) is 7.96. The largest absolute Gasteiger partial charge is 0.371 e. The molecular weight excluding hydrogens is 340 g/mol. The van der Waals surface area contributed by atoms with E-state index in [1.54, 1.807) is 0 Å². The quantitative estimate of drug-likeness (QED) is 0.689. The fourth-order valence-corrected chi connectivity index (χ4v) is 3.64. The van der Waals surface area contributed by atoms with Gasteiger partial charge in [0.05, 0.1) is 5.56 Å². The number of hydrogen-bond acceptors (Lipinski definition) is 4. The number of carbonyl (C=O) groups is 2. The van der Waals surface area contributed by atoms with Gasteiger partial charge >= 0.3 is 0 Å². The van der Waals surface area contributed by atoms with Crippen LogP contribution in [0.15, 0.2) is 18.2 Å². The van der Waals surface area contributed by atoms with Crippen LogP contribution in [0.25, 0.3) is 0 Å². The zero-order valence-electron chi connectivity index (χ0n) is 16.6. The molecule has 2 amide bonds. The number of carbonyl (C=O) groups excluding carboxylic acids is 2. The highest BCUT2D eigenvalue weighted by atomic mass is 16.2. The van der Waals surface area contributed by atoms with Crippen molar-refractivity contribution in [3.05, 3.63) is 23.8 Å². The van der Waals surface area contributed by atoms with Crippen LogP contribution in [0.2, 0.25) is 0 Å². The van der Waals surface area contributed by atoms with Crippen LogP contribution < -0.4 is 15.5 Å². The molecule has 1 aromatic rings. The maximum atomic E-state index is 12.8. The van der Waals surface area contributed by atoms with E-state index in [2.05, 4.69) is 20.4 Å². The molecule has 1 aliphatic heterocycles. The zero-order chi connectivity index (χ0) is 19.2. The van der Waals surface area contributed by atoms with Crippen LogP contribution >= 0.6 is 0 Å². The predicted octanol–water partition coefficient (Wildman–Crippen LogP) is 2.71. The fraction of sp³-hybridized carbons (Fsp3) is 0.619. The van der Waals surface area contributed by atoms with Crippen molar-refractivity contribution in [3.8, 4) is 0 Å². The third kappa shape index (κ3) is 5.22. The molecule has 27 heavy (non-hydrogen) atoms. The third-order valence-corrected chi connectivity index (χ3v) is 5.50. The number of rotatable bonds is 8. The van der Waals surface area contributed by atoms with Crippen LogP contribution in [-0.2, 0) is 4.79 Å². The van der Waals surface area contributed by atoms with Gasteiger partial charge in [0.2, 0.25) is 5.91 Å². The Morgan fingerprint density at radius 1 is 1.15 bits per heavy atom. The van der Waals surface area contributed by atoms with Gasteiger partial charge in [-0.3, -0.25) is 9.59 Å². The first kappa shape index (κ1) is 19.7. The minimum atomic E-state index is -0.0598. The molecule has 2 aliphatic rings. The molecule has 6 heteroatoms. The lowest BCUT2D eigenvalue weighted by Gasteiger charge is -2.25. The molecule has 0 bridgehead atoms. The molecule has 0 aromatic heterocycles. The standard InChI is InChI=1S/C21H32N4O2/c1-24(2)12-6-11-22-21(27)18-15-17(23-20(26)16-7-5-8-16)9-10-19(18)25-13-3-4-14-25/h9-10,15-16H,3-8,11-14H2,1-2H3,(H,22,27)(H,23,26). The lowest BCUT2D eigenvalue weighted by atomic mass is 9.85. The van der Waals surface area contributed by atoms with Crippen molar-refractivity contribution in [1.82, 2.24) is 10.2 Å². The molecule has 1 saturated carbocycles. The van der Waals surface area contributed by atoms with Crippen molar-refractivity contribution >= 4 is 23.2 Å². The van der Waals surface area contributed by atoms with Gasteiger partial charge in [-0.15, -0.1) is 0 Å². The Morgan fingerprint density at radius 2 is 1.89 bits per heavy atom. The summed E-state index contributed by atoms with van der Waals surface area (Å²) in [4.78, 5) is 29.5. The van der Waals surface area contributed by atoms with Crippen LogP contribution in [0, 0.1) is 5.92 Å². The van der Waals surface area contributed by atoms with Crippen LogP contribution in [0.4, 0.5) is 11.4 Å². The Morgan fingerprint density at radius 3 is 2.52 bits per heavy atom. The predicted molar refractivity (Wildman–Crippen MR) is 109 cm³/mol. The van der Waals surface area contributed by atoms with Crippen molar-refractivity contribution in [3.63, 3.8) is 0 Å². The lowest BCUT2D eigenvalue weighted by molar-refractivity contribution is -0.122. The van der Waals surface area contributed by atoms with E-state index in [0.29, 0.717) is 17.8 Å². The molecule has 1 aliphatic carbocycles. The van der Waals surface area contributed by atoms with E-state index < -0.39 is 0 Å². The topological polar surface area (TPSA) is 64.7 Å². The molecule has 0 unspecified atom stereocenters. The Kier molecular flexibility index (Phi) is 6.72. The number of hydrogen-bond donors (Lipinski definition) is 2. The summed E-state index contributed by atoms with van der Waals surface area (Å²) in [6.07, 6.45) is 6.30. The second-order valence-electron chi connectivity index (χ2n) is 7.96. The van der Waals surface area contributed by atoms with Crippen LogP contribution in [0.1, 0.15) is 48.9 Å². The maximum absolute atomic E-state index is 12.8. The smallest absolute Gasteiger partial charge is 0.253 e. The molecule has 0 radical (unpaired) electrons. The summed E-state index contributed by atoms with van der Waals surface area (Å²) >= 11 is 0. The van der Waals surface area contributed by atoms with E-state index >= 15 is 0 Å². The van der Waals surface area contributed by atoms with Gasteiger partial charge in [-0.2, -0.15) is 0 Å². The van der Waals surface area contributed by atoms with Gasteiger partial charge < -0.3 is 20.4 Å². The summed E-state index contributed by atoms with van der Waals surface area (Å²) in [5, 5.41) is 6.03. The first-order valence-corrected chi connectivity index (χ1v) is 10.2. The van der Waals surface area contributed by atoms with Crippen molar-refractivity contribution in [2.75, 3.05) is 50.5 Å². The molecule has 1 saturated heterocycles.